The quantitative estimate of drug-likeness (QED) is 0.618. The van der Waals surface area contributed by atoms with E-state index in [4.69, 9.17) is 0 Å². The number of rotatable bonds is 2. The van der Waals surface area contributed by atoms with E-state index in [-0.39, 0.29) is 16.8 Å². The van der Waals surface area contributed by atoms with Crippen molar-refractivity contribution in [3.63, 3.8) is 0 Å². The van der Waals surface area contributed by atoms with Crippen molar-refractivity contribution in [3.05, 3.63) is 28.7 Å². The molecule has 2 aromatic heterocycles. The molecule has 0 amide bonds. The van der Waals surface area contributed by atoms with Gasteiger partial charge in [-0.2, -0.15) is 9.97 Å². The van der Waals surface area contributed by atoms with Crippen LogP contribution in [-0.4, -0.2) is 25.3 Å². The summed E-state index contributed by atoms with van der Waals surface area (Å²) in [7, 11) is 0. The Balaban J connectivity index is 2.24. The van der Waals surface area contributed by atoms with Crippen molar-refractivity contribution in [2.75, 3.05) is 6.26 Å². The van der Waals surface area contributed by atoms with Gasteiger partial charge in [0.2, 0.25) is 0 Å². The summed E-state index contributed by atoms with van der Waals surface area (Å²) in [6.07, 6.45) is 7.49. The summed E-state index contributed by atoms with van der Waals surface area (Å²) in [6.45, 7) is 0. The molecule has 1 atom stereocenters. The van der Waals surface area contributed by atoms with E-state index in [1.807, 2.05) is 0 Å². The van der Waals surface area contributed by atoms with Crippen LogP contribution in [-0.2, 0) is 11.2 Å². The Morgan fingerprint density at radius 2 is 2.11 bits per heavy atom. The Bertz CT molecular complexity index is 662. The van der Waals surface area contributed by atoms with Gasteiger partial charge in [-0.15, -0.1) is 0 Å². The maximum absolute atomic E-state index is 12.1. The van der Waals surface area contributed by atoms with Gasteiger partial charge in [0.25, 0.3) is 5.56 Å². The molecule has 0 aromatic carbocycles. The fourth-order valence-corrected chi connectivity index (χ4v) is 3.09. The molecular weight excluding hydrogens is 262 g/mol. The highest BCUT2D eigenvalue weighted by Crippen LogP contribution is 2.30. The predicted molar refractivity (Wildman–Crippen MR) is 73.6 cm³/mol. The van der Waals surface area contributed by atoms with E-state index in [1.54, 1.807) is 29.2 Å². The van der Waals surface area contributed by atoms with E-state index in [1.165, 1.54) is 0 Å². The highest BCUT2D eigenvalue weighted by Gasteiger charge is 2.21. The second-order valence-electron chi connectivity index (χ2n) is 4.87. The Labute approximate surface area is 113 Å². The lowest BCUT2D eigenvalue weighted by atomic mass is 10.2. The van der Waals surface area contributed by atoms with Crippen molar-refractivity contribution < 1.29 is 4.55 Å². The second kappa shape index (κ2) is 4.94. The predicted octanol–water partition coefficient (Wildman–Crippen LogP) is 1.64. The zero-order chi connectivity index (χ0) is 13.4. The third-order valence-corrected chi connectivity index (χ3v) is 4.30. The minimum atomic E-state index is -1.24. The molecule has 2 heterocycles. The zero-order valence-corrected chi connectivity index (χ0v) is 11.5. The lowest BCUT2D eigenvalue weighted by molar-refractivity contribution is 0.513. The van der Waals surface area contributed by atoms with Crippen molar-refractivity contribution in [1.29, 1.82) is 0 Å². The van der Waals surface area contributed by atoms with Gasteiger partial charge in [0.1, 0.15) is 6.26 Å². The van der Waals surface area contributed by atoms with Crippen molar-refractivity contribution in [2.24, 2.45) is 0 Å². The molecule has 0 bridgehead atoms. The van der Waals surface area contributed by atoms with Crippen molar-refractivity contribution in [3.8, 4) is 0 Å². The first-order chi connectivity index (χ1) is 9.16. The molecule has 1 aliphatic rings. The van der Waals surface area contributed by atoms with Crippen molar-refractivity contribution >= 4 is 22.2 Å². The van der Waals surface area contributed by atoms with E-state index in [0.717, 1.165) is 31.1 Å². The van der Waals surface area contributed by atoms with E-state index >= 15 is 0 Å². The minimum absolute atomic E-state index is 0.0362. The van der Waals surface area contributed by atoms with Crippen LogP contribution in [0, 0.1) is 0 Å². The first kappa shape index (κ1) is 12.6. The molecular formula is C13H15N3O2S. The maximum atomic E-state index is 12.1. The largest absolute Gasteiger partial charge is 0.609 e. The van der Waals surface area contributed by atoms with E-state index < -0.39 is 11.2 Å². The summed E-state index contributed by atoms with van der Waals surface area (Å²) >= 11 is -1.24. The maximum Gasteiger partial charge on any atom is 0.344 e. The topological polar surface area (TPSA) is 70.8 Å². The molecule has 0 aliphatic heterocycles. The van der Waals surface area contributed by atoms with Gasteiger partial charge in [-0.25, -0.2) is 0 Å². The lowest BCUT2D eigenvalue weighted by Gasteiger charge is -2.15. The van der Waals surface area contributed by atoms with Gasteiger partial charge in [-0.3, -0.25) is 9.36 Å². The zero-order valence-electron chi connectivity index (χ0n) is 10.7. The van der Waals surface area contributed by atoms with Gasteiger partial charge in [0.05, 0.1) is 0 Å². The van der Waals surface area contributed by atoms with Gasteiger partial charge in [0, 0.05) is 34.9 Å². The Morgan fingerprint density at radius 1 is 1.37 bits per heavy atom. The summed E-state index contributed by atoms with van der Waals surface area (Å²) < 4.78 is 13.3. The Morgan fingerprint density at radius 3 is 2.79 bits per heavy atom. The number of hydrogen-bond donors (Lipinski definition) is 0. The molecule has 2 aromatic rings. The van der Waals surface area contributed by atoms with Crippen molar-refractivity contribution in [1.82, 2.24) is 14.5 Å². The molecule has 1 unspecified atom stereocenters. The standard InChI is InChI=1S/C13H15N3O2S/c1-19(18)13-14-8-9-6-7-11(17)16(12(9)15-13)10-4-2-3-5-10/h6-8,10H,2-5H2,1H3. The minimum Gasteiger partial charge on any atom is -0.609 e. The number of nitrogens with zero attached hydrogens (tertiary/aromatic N) is 3. The molecule has 0 saturated heterocycles. The molecule has 1 aliphatic carbocycles. The van der Waals surface area contributed by atoms with Gasteiger partial charge >= 0.3 is 5.16 Å². The van der Waals surface area contributed by atoms with Gasteiger partial charge in [-0.05, 0) is 18.9 Å². The van der Waals surface area contributed by atoms with Crippen LogP contribution < -0.4 is 5.56 Å². The third kappa shape index (κ3) is 2.26. The van der Waals surface area contributed by atoms with Crippen LogP contribution in [0.5, 0.6) is 0 Å². The monoisotopic (exact) mass is 277 g/mol. The molecule has 6 heteroatoms. The van der Waals surface area contributed by atoms with Gasteiger partial charge in [0.15, 0.2) is 5.65 Å². The number of aromatic nitrogens is 3. The Hall–Kier alpha value is -1.40. The highest BCUT2D eigenvalue weighted by molar-refractivity contribution is 7.90. The number of pyridine rings is 1. The van der Waals surface area contributed by atoms with Crippen molar-refractivity contribution in [2.45, 2.75) is 36.9 Å². The molecule has 0 radical (unpaired) electrons. The lowest BCUT2D eigenvalue weighted by Crippen LogP contribution is -2.24. The number of fused-ring (bicyclic) bond motifs is 1. The van der Waals surface area contributed by atoms with Gasteiger partial charge in [-0.1, -0.05) is 12.8 Å². The molecule has 0 spiro atoms. The summed E-state index contributed by atoms with van der Waals surface area (Å²) in [5.74, 6) is 0. The second-order valence-corrected chi connectivity index (χ2v) is 6.14. The Kier molecular flexibility index (Phi) is 3.28. The summed E-state index contributed by atoms with van der Waals surface area (Å²) in [5.41, 5.74) is 0.575. The van der Waals surface area contributed by atoms with E-state index in [0.29, 0.717) is 5.65 Å². The van der Waals surface area contributed by atoms with E-state index in [9.17, 15) is 9.35 Å². The molecule has 1 saturated carbocycles. The first-order valence-electron chi connectivity index (χ1n) is 6.38. The molecule has 5 nitrogen and oxygen atoms in total. The van der Waals surface area contributed by atoms with Crippen LogP contribution in [0.3, 0.4) is 0 Å². The van der Waals surface area contributed by atoms with Crippen LogP contribution in [0.4, 0.5) is 0 Å². The van der Waals surface area contributed by atoms with E-state index in [2.05, 4.69) is 9.97 Å². The molecule has 3 rings (SSSR count). The first-order valence-corrected chi connectivity index (χ1v) is 7.94. The summed E-state index contributed by atoms with van der Waals surface area (Å²) in [6, 6.07) is 3.50. The average molecular weight is 277 g/mol. The smallest absolute Gasteiger partial charge is 0.344 e. The van der Waals surface area contributed by atoms with Crippen LogP contribution >= 0.6 is 0 Å². The molecule has 1 fully saturated rings. The van der Waals surface area contributed by atoms with Gasteiger partial charge < -0.3 is 4.55 Å². The average Bonchev–Trinajstić information content (AvgIpc) is 2.91. The fourth-order valence-electron chi connectivity index (χ4n) is 2.68. The molecule has 100 valence electrons. The number of hydrogen-bond acceptors (Lipinski definition) is 4. The van der Waals surface area contributed by atoms with Crippen LogP contribution in [0.25, 0.3) is 11.0 Å². The molecule has 0 N–H and O–H groups in total. The SMILES string of the molecule is C[S+]([O-])c1ncc2ccc(=O)n(C3CCCC3)c2n1. The summed E-state index contributed by atoms with van der Waals surface area (Å²) in [4.78, 5) is 20.5. The fraction of sp³-hybridized carbons (Fsp3) is 0.462. The highest BCUT2D eigenvalue weighted by atomic mass is 32.2. The summed E-state index contributed by atoms with van der Waals surface area (Å²) in [5, 5.41) is 1.10. The normalized spacial score (nSPS) is 18.0. The van der Waals surface area contributed by atoms with Crippen LogP contribution in [0.1, 0.15) is 31.7 Å². The third-order valence-electron chi connectivity index (χ3n) is 3.59. The van der Waals surface area contributed by atoms with Crippen LogP contribution in [0.2, 0.25) is 0 Å². The van der Waals surface area contributed by atoms with Crippen LogP contribution in [0.15, 0.2) is 28.3 Å². The molecule has 19 heavy (non-hydrogen) atoms.